The van der Waals surface area contributed by atoms with Gasteiger partial charge in [-0.1, -0.05) is 0 Å². The molecule has 0 aliphatic carbocycles. The SMILES string of the molecule is CCn1cc(Oc2cc(C#N)ccn2)cn1. The predicted octanol–water partition coefficient (Wildman–Crippen LogP) is 1.96. The summed E-state index contributed by atoms with van der Waals surface area (Å²) in [5, 5.41) is 12.8. The molecule has 80 valence electrons. The third-order valence-corrected chi connectivity index (χ3v) is 2.02. The summed E-state index contributed by atoms with van der Waals surface area (Å²) < 4.78 is 7.21. The van der Waals surface area contributed by atoms with E-state index in [9.17, 15) is 0 Å². The summed E-state index contributed by atoms with van der Waals surface area (Å²) in [5.41, 5.74) is 0.521. The lowest BCUT2D eigenvalue weighted by Crippen LogP contribution is -1.92. The van der Waals surface area contributed by atoms with E-state index in [-0.39, 0.29) is 0 Å². The van der Waals surface area contributed by atoms with Gasteiger partial charge in [0.15, 0.2) is 5.75 Å². The first-order valence-corrected chi connectivity index (χ1v) is 4.88. The van der Waals surface area contributed by atoms with Crippen molar-refractivity contribution in [1.29, 1.82) is 5.26 Å². The Morgan fingerprint density at radius 3 is 3.12 bits per heavy atom. The van der Waals surface area contributed by atoms with Crippen molar-refractivity contribution < 1.29 is 4.74 Å². The maximum absolute atomic E-state index is 8.72. The quantitative estimate of drug-likeness (QED) is 0.783. The molecule has 0 aliphatic rings. The molecule has 0 saturated carbocycles. The second-order valence-corrected chi connectivity index (χ2v) is 3.13. The largest absolute Gasteiger partial charge is 0.436 e. The van der Waals surface area contributed by atoms with Crippen molar-refractivity contribution in [2.24, 2.45) is 0 Å². The fourth-order valence-electron chi connectivity index (χ4n) is 1.23. The molecule has 5 heteroatoms. The van der Waals surface area contributed by atoms with Gasteiger partial charge in [0.05, 0.1) is 24.0 Å². The molecule has 0 unspecified atom stereocenters. The second-order valence-electron chi connectivity index (χ2n) is 3.13. The Morgan fingerprint density at radius 2 is 2.44 bits per heavy atom. The molecule has 0 aliphatic heterocycles. The molecule has 0 bridgehead atoms. The number of hydrogen-bond donors (Lipinski definition) is 0. The lowest BCUT2D eigenvalue weighted by Gasteiger charge is -2.00. The standard InChI is InChI=1S/C11H10N4O/c1-2-15-8-10(7-14-15)16-11-5-9(6-12)3-4-13-11/h3-5,7-8H,2H2,1H3. The Labute approximate surface area is 92.9 Å². The van der Waals surface area contributed by atoms with E-state index in [1.165, 1.54) is 6.20 Å². The van der Waals surface area contributed by atoms with Crippen LogP contribution in [0.1, 0.15) is 12.5 Å². The third kappa shape index (κ3) is 2.17. The first kappa shape index (κ1) is 10.2. The number of nitriles is 1. The van der Waals surface area contributed by atoms with Crippen LogP contribution in [0.15, 0.2) is 30.7 Å². The van der Waals surface area contributed by atoms with Crippen LogP contribution in [0, 0.1) is 11.3 Å². The minimum Gasteiger partial charge on any atom is -0.436 e. The van der Waals surface area contributed by atoms with E-state index in [0.717, 1.165) is 6.54 Å². The van der Waals surface area contributed by atoms with E-state index in [4.69, 9.17) is 10.00 Å². The van der Waals surface area contributed by atoms with Crippen LogP contribution in [-0.2, 0) is 6.54 Å². The molecule has 2 heterocycles. The van der Waals surface area contributed by atoms with Crippen LogP contribution < -0.4 is 4.74 Å². The molecule has 2 aromatic heterocycles. The molecule has 0 amide bonds. The molecule has 16 heavy (non-hydrogen) atoms. The number of pyridine rings is 1. The topological polar surface area (TPSA) is 63.7 Å². The Morgan fingerprint density at radius 1 is 1.56 bits per heavy atom. The maximum atomic E-state index is 8.72. The van der Waals surface area contributed by atoms with E-state index in [2.05, 4.69) is 10.1 Å². The normalized spacial score (nSPS) is 9.75. The fourth-order valence-corrected chi connectivity index (χ4v) is 1.23. The highest BCUT2D eigenvalue weighted by molar-refractivity contribution is 5.33. The Balaban J connectivity index is 2.17. The van der Waals surface area contributed by atoms with E-state index in [0.29, 0.717) is 17.2 Å². The van der Waals surface area contributed by atoms with Crippen LogP contribution in [0.4, 0.5) is 0 Å². The molecule has 0 atom stereocenters. The van der Waals surface area contributed by atoms with Crippen LogP contribution >= 0.6 is 0 Å². The van der Waals surface area contributed by atoms with Crippen LogP contribution in [0.25, 0.3) is 0 Å². The Bertz CT molecular complexity index is 527. The summed E-state index contributed by atoms with van der Waals surface area (Å²) in [7, 11) is 0. The van der Waals surface area contributed by atoms with Crippen molar-refractivity contribution in [2.45, 2.75) is 13.5 Å². The fraction of sp³-hybridized carbons (Fsp3) is 0.182. The lowest BCUT2D eigenvalue weighted by molar-refractivity contribution is 0.461. The lowest BCUT2D eigenvalue weighted by atomic mass is 10.3. The van der Waals surface area contributed by atoms with Crippen molar-refractivity contribution in [3.63, 3.8) is 0 Å². The van der Waals surface area contributed by atoms with Crippen LogP contribution in [0.5, 0.6) is 11.6 Å². The Hall–Kier alpha value is -2.35. The maximum Gasteiger partial charge on any atom is 0.220 e. The van der Waals surface area contributed by atoms with Crippen LogP contribution in [0.3, 0.4) is 0 Å². The minimum atomic E-state index is 0.398. The predicted molar refractivity (Wildman–Crippen MR) is 56.9 cm³/mol. The first-order chi connectivity index (χ1) is 7.81. The molecule has 2 aromatic rings. The van der Waals surface area contributed by atoms with Gasteiger partial charge in [-0.3, -0.25) is 4.68 Å². The Kier molecular flexibility index (Phi) is 2.83. The zero-order valence-corrected chi connectivity index (χ0v) is 8.79. The van der Waals surface area contributed by atoms with E-state index >= 15 is 0 Å². The number of aromatic nitrogens is 3. The summed E-state index contributed by atoms with van der Waals surface area (Å²) in [6, 6.07) is 5.24. The van der Waals surface area contributed by atoms with Gasteiger partial charge in [0.1, 0.15) is 0 Å². The summed E-state index contributed by atoms with van der Waals surface area (Å²) in [5.74, 6) is 1.01. The molecule has 0 radical (unpaired) electrons. The molecule has 5 nitrogen and oxygen atoms in total. The monoisotopic (exact) mass is 214 g/mol. The van der Waals surface area contributed by atoms with E-state index < -0.39 is 0 Å². The second kappa shape index (κ2) is 4.45. The molecular weight excluding hydrogens is 204 g/mol. The third-order valence-electron chi connectivity index (χ3n) is 2.02. The number of ether oxygens (including phenoxy) is 1. The molecule has 0 saturated heterocycles. The number of rotatable bonds is 3. The highest BCUT2D eigenvalue weighted by Gasteiger charge is 2.02. The number of hydrogen-bond acceptors (Lipinski definition) is 4. The van der Waals surface area contributed by atoms with Crippen LogP contribution in [0.2, 0.25) is 0 Å². The van der Waals surface area contributed by atoms with Gasteiger partial charge < -0.3 is 4.74 Å². The van der Waals surface area contributed by atoms with Crippen molar-refractivity contribution in [3.05, 3.63) is 36.3 Å². The van der Waals surface area contributed by atoms with Gasteiger partial charge in [0, 0.05) is 18.8 Å². The van der Waals surface area contributed by atoms with E-state index in [1.807, 2.05) is 13.0 Å². The van der Waals surface area contributed by atoms with Crippen molar-refractivity contribution >= 4 is 0 Å². The van der Waals surface area contributed by atoms with Gasteiger partial charge in [0.25, 0.3) is 0 Å². The molecular formula is C11H10N4O. The van der Waals surface area contributed by atoms with Crippen molar-refractivity contribution in [1.82, 2.24) is 14.8 Å². The highest BCUT2D eigenvalue weighted by atomic mass is 16.5. The zero-order chi connectivity index (χ0) is 11.4. The van der Waals surface area contributed by atoms with E-state index in [1.54, 1.807) is 29.2 Å². The summed E-state index contributed by atoms with van der Waals surface area (Å²) in [6.45, 7) is 2.78. The summed E-state index contributed by atoms with van der Waals surface area (Å²) >= 11 is 0. The van der Waals surface area contributed by atoms with Gasteiger partial charge in [-0.25, -0.2) is 4.98 Å². The van der Waals surface area contributed by atoms with Gasteiger partial charge in [0.2, 0.25) is 5.88 Å². The summed E-state index contributed by atoms with van der Waals surface area (Å²) in [6.07, 6.45) is 4.93. The van der Waals surface area contributed by atoms with Gasteiger partial charge in [-0.05, 0) is 13.0 Å². The minimum absolute atomic E-state index is 0.398. The molecule has 2 rings (SSSR count). The average Bonchev–Trinajstić information content (AvgIpc) is 2.77. The molecule has 0 N–H and O–H groups in total. The van der Waals surface area contributed by atoms with Crippen molar-refractivity contribution in [3.8, 4) is 17.7 Å². The first-order valence-electron chi connectivity index (χ1n) is 4.88. The molecule has 0 fully saturated rings. The molecule has 0 spiro atoms. The molecule has 0 aromatic carbocycles. The smallest absolute Gasteiger partial charge is 0.220 e. The highest BCUT2D eigenvalue weighted by Crippen LogP contribution is 2.18. The van der Waals surface area contributed by atoms with Gasteiger partial charge in [-0.2, -0.15) is 10.4 Å². The average molecular weight is 214 g/mol. The number of nitrogens with zero attached hydrogens (tertiary/aromatic N) is 4. The zero-order valence-electron chi connectivity index (χ0n) is 8.79. The van der Waals surface area contributed by atoms with Gasteiger partial charge in [-0.15, -0.1) is 0 Å². The number of aryl methyl sites for hydroxylation is 1. The van der Waals surface area contributed by atoms with Crippen molar-refractivity contribution in [2.75, 3.05) is 0 Å². The van der Waals surface area contributed by atoms with Crippen LogP contribution in [-0.4, -0.2) is 14.8 Å². The van der Waals surface area contributed by atoms with Gasteiger partial charge >= 0.3 is 0 Å². The summed E-state index contributed by atoms with van der Waals surface area (Å²) in [4.78, 5) is 4.01.